The largest absolute Gasteiger partial charge is 0.332 e. The van der Waals surface area contributed by atoms with E-state index in [-0.39, 0.29) is 5.91 Å². The third-order valence-corrected chi connectivity index (χ3v) is 4.22. The van der Waals surface area contributed by atoms with E-state index in [1.807, 2.05) is 60.5 Å². The summed E-state index contributed by atoms with van der Waals surface area (Å²) in [4.78, 5) is 19.3. The van der Waals surface area contributed by atoms with Crippen molar-refractivity contribution < 1.29 is 4.79 Å². The number of carbonyl (C=O) groups excluding carboxylic acids is 1. The van der Waals surface area contributed by atoms with E-state index in [1.54, 1.807) is 0 Å². The summed E-state index contributed by atoms with van der Waals surface area (Å²) in [5, 5.41) is 0. The summed E-state index contributed by atoms with van der Waals surface area (Å²) in [6, 6.07) is 13.8. The maximum absolute atomic E-state index is 12.7. The first-order valence-electron chi connectivity index (χ1n) is 7.53. The molecule has 0 N–H and O–H groups in total. The quantitative estimate of drug-likeness (QED) is 0.691. The number of pyridine rings is 1. The topological polar surface area (TPSA) is 37.6 Å². The van der Waals surface area contributed by atoms with Gasteiger partial charge in [0.1, 0.15) is 5.65 Å². The molecule has 0 spiro atoms. The van der Waals surface area contributed by atoms with Crippen molar-refractivity contribution in [3.05, 3.63) is 71.2 Å². The third-order valence-electron chi connectivity index (χ3n) is 4.22. The highest BCUT2D eigenvalue weighted by Crippen LogP contribution is 2.22. The Kier molecular flexibility index (Phi) is 2.96. The summed E-state index contributed by atoms with van der Waals surface area (Å²) < 4.78 is 2.09. The summed E-state index contributed by atoms with van der Waals surface area (Å²) in [5.74, 6) is 0.0974. The minimum Gasteiger partial charge on any atom is -0.332 e. The predicted octanol–water partition coefficient (Wildman–Crippen LogP) is 2.84. The second-order valence-corrected chi connectivity index (χ2v) is 5.78. The molecule has 1 aromatic carbocycles. The molecule has 4 rings (SSSR count). The highest BCUT2D eigenvalue weighted by atomic mass is 16.2. The van der Waals surface area contributed by atoms with Crippen LogP contribution in [0.3, 0.4) is 0 Å². The van der Waals surface area contributed by atoms with Gasteiger partial charge in [-0.3, -0.25) is 4.79 Å². The average molecular weight is 291 g/mol. The Balaban J connectivity index is 1.68. The molecule has 0 saturated carbocycles. The van der Waals surface area contributed by atoms with Crippen molar-refractivity contribution in [2.45, 2.75) is 19.9 Å². The fraction of sp³-hybridized carbons (Fsp3) is 0.222. The zero-order valence-electron chi connectivity index (χ0n) is 12.5. The van der Waals surface area contributed by atoms with E-state index in [0.29, 0.717) is 6.54 Å². The van der Waals surface area contributed by atoms with Gasteiger partial charge in [0.05, 0.1) is 17.9 Å². The zero-order chi connectivity index (χ0) is 15.1. The van der Waals surface area contributed by atoms with Crippen LogP contribution < -0.4 is 0 Å². The first-order valence-corrected chi connectivity index (χ1v) is 7.53. The average Bonchev–Trinajstić information content (AvgIpc) is 2.92. The van der Waals surface area contributed by atoms with Gasteiger partial charge in [-0.25, -0.2) is 4.98 Å². The third kappa shape index (κ3) is 2.08. The van der Waals surface area contributed by atoms with Crippen molar-refractivity contribution >= 4 is 11.6 Å². The Morgan fingerprint density at radius 3 is 2.95 bits per heavy atom. The SMILES string of the molecule is Cc1cccc(C(=O)N2CCc3nc4ccccn4c3C2)c1. The molecule has 0 saturated heterocycles. The Hall–Kier alpha value is -2.62. The molecule has 3 aromatic rings. The maximum Gasteiger partial charge on any atom is 0.254 e. The second-order valence-electron chi connectivity index (χ2n) is 5.78. The number of amides is 1. The molecule has 4 nitrogen and oxygen atoms in total. The molecule has 1 amide bonds. The monoisotopic (exact) mass is 291 g/mol. The lowest BCUT2D eigenvalue weighted by Crippen LogP contribution is -2.36. The molecule has 3 heterocycles. The number of carbonyl (C=O) groups is 1. The lowest BCUT2D eigenvalue weighted by Gasteiger charge is -2.27. The highest BCUT2D eigenvalue weighted by Gasteiger charge is 2.25. The minimum absolute atomic E-state index is 0.0974. The number of aromatic nitrogens is 2. The van der Waals surface area contributed by atoms with Gasteiger partial charge in [0.15, 0.2) is 0 Å². The number of hydrogen-bond donors (Lipinski definition) is 0. The van der Waals surface area contributed by atoms with Gasteiger partial charge in [-0.15, -0.1) is 0 Å². The van der Waals surface area contributed by atoms with Gasteiger partial charge in [-0.2, -0.15) is 0 Å². The Morgan fingerprint density at radius 2 is 2.09 bits per heavy atom. The van der Waals surface area contributed by atoms with Gasteiger partial charge in [-0.1, -0.05) is 23.8 Å². The highest BCUT2D eigenvalue weighted by molar-refractivity contribution is 5.94. The van der Waals surface area contributed by atoms with Crippen LogP contribution in [-0.2, 0) is 13.0 Å². The number of fused-ring (bicyclic) bond motifs is 3. The number of aryl methyl sites for hydroxylation is 1. The molecule has 0 fully saturated rings. The number of nitrogens with zero attached hydrogens (tertiary/aromatic N) is 3. The number of imidazole rings is 1. The molecular formula is C18H17N3O. The summed E-state index contributed by atoms with van der Waals surface area (Å²) in [7, 11) is 0. The second kappa shape index (κ2) is 4.98. The van der Waals surface area contributed by atoms with E-state index in [2.05, 4.69) is 9.38 Å². The van der Waals surface area contributed by atoms with E-state index in [0.717, 1.165) is 41.1 Å². The van der Waals surface area contributed by atoms with Crippen molar-refractivity contribution in [2.75, 3.05) is 6.54 Å². The van der Waals surface area contributed by atoms with Crippen LogP contribution in [0.5, 0.6) is 0 Å². The fourth-order valence-electron chi connectivity index (χ4n) is 3.10. The maximum atomic E-state index is 12.7. The standard InChI is InChI=1S/C18H17N3O/c1-13-5-4-6-14(11-13)18(22)20-10-8-15-16(12-20)21-9-3-2-7-17(21)19-15/h2-7,9,11H,8,10,12H2,1H3. The summed E-state index contributed by atoms with van der Waals surface area (Å²) in [5.41, 5.74) is 5.07. The van der Waals surface area contributed by atoms with Gasteiger partial charge < -0.3 is 9.30 Å². The van der Waals surface area contributed by atoms with Gasteiger partial charge >= 0.3 is 0 Å². The number of rotatable bonds is 1. The molecule has 1 aliphatic rings. The van der Waals surface area contributed by atoms with Gasteiger partial charge in [0.2, 0.25) is 0 Å². The van der Waals surface area contributed by atoms with Crippen LogP contribution in [-0.4, -0.2) is 26.7 Å². The summed E-state index contributed by atoms with van der Waals surface area (Å²) >= 11 is 0. The van der Waals surface area contributed by atoms with Crippen molar-refractivity contribution in [1.82, 2.24) is 14.3 Å². The van der Waals surface area contributed by atoms with Crippen molar-refractivity contribution in [2.24, 2.45) is 0 Å². The van der Waals surface area contributed by atoms with Gasteiger partial charge in [0, 0.05) is 24.7 Å². The molecule has 0 unspecified atom stereocenters. The molecule has 2 aromatic heterocycles. The fourth-order valence-corrected chi connectivity index (χ4v) is 3.10. The van der Waals surface area contributed by atoms with Crippen LogP contribution in [0.4, 0.5) is 0 Å². The molecule has 0 aliphatic carbocycles. The number of benzene rings is 1. The smallest absolute Gasteiger partial charge is 0.254 e. The molecule has 110 valence electrons. The van der Waals surface area contributed by atoms with E-state index < -0.39 is 0 Å². The number of hydrogen-bond acceptors (Lipinski definition) is 2. The van der Waals surface area contributed by atoms with Gasteiger partial charge in [-0.05, 0) is 31.2 Å². The lowest BCUT2D eigenvalue weighted by molar-refractivity contribution is 0.0731. The Morgan fingerprint density at radius 1 is 1.18 bits per heavy atom. The first-order chi connectivity index (χ1) is 10.7. The normalized spacial score (nSPS) is 14.1. The van der Waals surface area contributed by atoms with Crippen LogP contribution in [0.1, 0.15) is 27.3 Å². The predicted molar refractivity (Wildman–Crippen MR) is 84.8 cm³/mol. The molecule has 0 radical (unpaired) electrons. The Labute approximate surface area is 129 Å². The molecule has 0 bridgehead atoms. The van der Waals surface area contributed by atoms with Crippen LogP contribution in [0.2, 0.25) is 0 Å². The molecular weight excluding hydrogens is 274 g/mol. The van der Waals surface area contributed by atoms with Crippen LogP contribution >= 0.6 is 0 Å². The van der Waals surface area contributed by atoms with Crippen LogP contribution in [0.25, 0.3) is 5.65 Å². The van der Waals surface area contributed by atoms with Crippen LogP contribution in [0, 0.1) is 6.92 Å². The molecule has 1 aliphatic heterocycles. The van der Waals surface area contributed by atoms with E-state index in [9.17, 15) is 4.79 Å². The molecule has 4 heteroatoms. The minimum atomic E-state index is 0.0974. The van der Waals surface area contributed by atoms with Crippen LogP contribution in [0.15, 0.2) is 48.7 Å². The Bertz CT molecular complexity index is 866. The van der Waals surface area contributed by atoms with Gasteiger partial charge in [0.25, 0.3) is 5.91 Å². The lowest BCUT2D eigenvalue weighted by atomic mass is 10.1. The van der Waals surface area contributed by atoms with Crippen molar-refractivity contribution in [3.8, 4) is 0 Å². The van der Waals surface area contributed by atoms with E-state index in [1.165, 1.54) is 0 Å². The molecule has 22 heavy (non-hydrogen) atoms. The zero-order valence-corrected chi connectivity index (χ0v) is 12.5. The van der Waals surface area contributed by atoms with Crippen molar-refractivity contribution in [1.29, 1.82) is 0 Å². The first kappa shape index (κ1) is 13.1. The summed E-state index contributed by atoms with van der Waals surface area (Å²) in [6.07, 6.45) is 2.83. The molecule has 0 atom stereocenters. The van der Waals surface area contributed by atoms with Crippen molar-refractivity contribution in [3.63, 3.8) is 0 Å². The van der Waals surface area contributed by atoms with E-state index >= 15 is 0 Å². The van der Waals surface area contributed by atoms with E-state index in [4.69, 9.17) is 0 Å². The summed E-state index contributed by atoms with van der Waals surface area (Å²) in [6.45, 7) is 3.35.